The van der Waals surface area contributed by atoms with Gasteiger partial charge in [0.05, 0.1) is 4.90 Å². The molecule has 1 saturated carbocycles. The second-order valence-corrected chi connectivity index (χ2v) is 7.39. The molecule has 2 rings (SSSR count). The number of aryl methyl sites for hydroxylation is 1. The van der Waals surface area contributed by atoms with E-state index in [1.54, 1.807) is 12.1 Å². The summed E-state index contributed by atoms with van der Waals surface area (Å²) in [7, 11) is -3.47. The number of sulfonamides is 1. The van der Waals surface area contributed by atoms with E-state index in [0.29, 0.717) is 17.4 Å². The van der Waals surface area contributed by atoms with Gasteiger partial charge in [-0.3, -0.25) is 0 Å². The van der Waals surface area contributed by atoms with Crippen LogP contribution in [0.3, 0.4) is 0 Å². The Kier molecular flexibility index (Phi) is 5.18. The summed E-state index contributed by atoms with van der Waals surface area (Å²) in [6.07, 6.45) is 5.73. The monoisotopic (exact) mass is 296 g/mol. The number of rotatable bonds is 5. The second-order valence-electron chi connectivity index (χ2n) is 5.67. The van der Waals surface area contributed by atoms with E-state index in [9.17, 15) is 8.42 Å². The van der Waals surface area contributed by atoms with E-state index < -0.39 is 10.0 Å². The third-order valence-electron chi connectivity index (χ3n) is 4.11. The molecule has 1 unspecified atom stereocenters. The lowest BCUT2D eigenvalue weighted by Crippen LogP contribution is -2.45. The van der Waals surface area contributed by atoms with Crippen LogP contribution in [-0.4, -0.2) is 21.0 Å². The van der Waals surface area contributed by atoms with Gasteiger partial charge in [-0.1, -0.05) is 37.0 Å². The Bertz CT molecular complexity index is 519. The van der Waals surface area contributed by atoms with Gasteiger partial charge in [-0.15, -0.1) is 0 Å². The average Bonchev–Trinajstić information content (AvgIpc) is 2.46. The molecule has 1 atom stereocenters. The van der Waals surface area contributed by atoms with Crippen LogP contribution in [0.15, 0.2) is 29.2 Å². The van der Waals surface area contributed by atoms with E-state index in [2.05, 4.69) is 4.72 Å². The molecular weight excluding hydrogens is 272 g/mol. The van der Waals surface area contributed by atoms with Gasteiger partial charge in [-0.05, 0) is 37.8 Å². The predicted octanol–water partition coefficient (Wildman–Crippen LogP) is 2.18. The maximum absolute atomic E-state index is 12.4. The molecule has 5 heteroatoms. The van der Waals surface area contributed by atoms with Crippen molar-refractivity contribution in [3.8, 4) is 0 Å². The highest BCUT2D eigenvalue weighted by molar-refractivity contribution is 7.89. The van der Waals surface area contributed by atoms with Crippen molar-refractivity contribution in [2.45, 2.75) is 50.0 Å². The number of nitrogens with one attached hydrogen (secondary N) is 1. The minimum absolute atomic E-state index is 0.151. The van der Waals surface area contributed by atoms with Crippen LogP contribution in [0.5, 0.6) is 0 Å². The lowest BCUT2D eigenvalue weighted by Gasteiger charge is -2.29. The molecule has 1 aromatic rings. The number of hydrogen-bond donors (Lipinski definition) is 2. The van der Waals surface area contributed by atoms with Crippen molar-refractivity contribution in [3.05, 3.63) is 29.8 Å². The maximum Gasteiger partial charge on any atom is 0.240 e. The first-order valence-corrected chi connectivity index (χ1v) is 8.80. The van der Waals surface area contributed by atoms with Gasteiger partial charge < -0.3 is 5.73 Å². The van der Waals surface area contributed by atoms with Crippen LogP contribution in [0, 0.1) is 12.8 Å². The standard InChI is InChI=1S/C15H24N2O2S/c1-12-7-9-14(10-8-12)20(18,19)17-15(11-16)13-5-3-2-4-6-13/h7-10,13,15,17H,2-6,11,16H2,1H3. The summed E-state index contributed by atoms with van der Waals surface area (Å²) in [5, 5.41) is 0. The highest BCUT2D eigenvalue weighted by Gasteiger charge is 2.27. The molecule has 0 aliphatic heterocycles. The van der Waals surface area contributed by atoms with Crippen LogP contribution in [0.25, 0.3) is 0 Å². The second kappa shape index (κ2) is 6.70. The molecule has 0 amide bonds. The Balaban J connectivity index is 2.10. The van der Waals surface area contributed by atoms with Crippen molar-refractivity contribution >= 4 is 10.0 Å². The van der Waals surface area contributed by atoms with Crippen molar-refractivity contribution in [1.82, 2.24) is 4.72 Å². The highest BCUT2D eigenvalue weighted by atomic mass is 32.2. The molecule has 1 aliphatic rings. The van der Waals surface area contributed by atoms with Gasteiger partial charge in [-0.25, -0.2) is 13.1 Å². The zero-order valence-electron chi connectivity index (χ0n) is 12.0. The van der Waals surface area contributed by atoms with Gasteiger partial charge in [0.2, 0.25) is 10.0 Å². The molecule has 0 spiro atoms. The van der Waals surface area contributed by atoms with E-state index in [4.69, 9.17) is 5.73 Å². The molecule has 0 saturated heterocycles. The van der Waals surface area contributed by atoms with Crippen LogP contribution in [0.2, 0.25) is 0 Å². The Labute approximate surface area is 121 Å². The molecule has 20 heavy (non-hydrogen) atoms. The molecule has 0 heterocycles. The number of benzene rings is 1. The van der Waals surface area contributed by atoms with Crippen LogP contribution >= 0.6 is 0 Å². The van der Waals surface area contributed by atoms with Crippen molar-refractivity contribution < 1.29 is 8.42 Å². The fraction of sp³-hybridized carbons (Fsp3) is 0.600. The van der Waals surface area contributed by atoms with E-state index in [1.807, 2.05) is 19.1 Å². The molecule has 0 bridgehead atoms. The van der Waals surface area contributed by atoms with Crippen molar-refractivity contribution in [2.75, 3.05) is 6.54 Å². The summed E-state index contributed by atoms with van der Waals surface area (Å²) < 4.78 is 27.6. The lowest BCUT2D eigenvalue weighted by atomic mass is 9.84. The van der Waals surface area contributed by atoms with Crippen LogP contribution < -0.4 is 10.5 Å². The SMILES string of the molecule is Cc1ccc(S(=O)(=O)NC(CN)C2CCCCC2)cc1. The fourth-order valence-electron chi connectivity index (χ4n) is 2.86. The van der Waals surface area contributed by atoms with Crippen molar-refractivity contribution in [1.29, 1.82) is 0 Å². The van der Waals surface area contributed by atoms with E-state index in [-0.39, 0.29) is 6.04 Å². The summed E-state index contributed by atoms with van der Waals surface area (Å²) in [4.78, 5) is 0.317. The van der Waals surface area contributed by atoms with Gasteiger partial charge in [0.25, 0.3) is 0 Å². The topological polar surface area (TPSA) is 72.2 Å². The lowest BCUT2D eigenvalue weighted by molar-refractivity contribution is 0.294. The van der Waals surface area contributed by atoms with Crippen LogP contribution in [0.1, 0.15) is 37.7 Å². The highest BCUT2D eigenvalue weighted by Crippen LogP contribution is 2.27. The smallest absolute Gasteiger partial charge is 0.240 e. The molecule has 3 N–H and O–H groups in total. The zero-order chi connectivity index (χ0) is 14.6. The van der Waals surface area contributed by atoms with E-state index in [0.717, 1.165) is 18.4 Å². The molecular formula is C15H24N2O2S. The van der Waals surface area contributed by atoms with Crippen molar-refractivity contribution in [2.24, 2.45) is 11.7 Å². The third kappa shape index (κ3) is 3.81. The molecule has 1 fully saturated rings. The molecule has 4 nitrogen and oxygen atoms in total. The molecule has 0 radical (unpaired) electrons. The first-order chi connectivity index (χ1) is 9.53. The summed E-state index contributed by atoms with van der Waals surface area (Å²) in [6, 6.07) is 6.76. The van der Waals surface area contributed by atoms with Gasteiger partial charge in [-0.2, -0.15) is 0 Å². The van der Waals surface area contributed by atoms with Gasteiger partial charge in [0, 0.05) is 12.6 Å². The third-order valence-corrected chi connectivity index (χ3v) is 5.62. The first kappa shape index (κ1) is 15.5. The largest absolute Gasteiger partial charge is 0.329 e. The van der Waals surface area contributed by atoms with Gasteiger partial charge in [0.15, 0.2) is 0 Å². The van der Waals surface area contributed by atoms with Gasteiger partial charge in [0.1, 0.15) is 0 Å². The Morgan fingerprint density at radius 1 is 1.20 bits per heavy atom. The van der Waals surface area contributed by atoms with E-state index in [1.165, 1.54) is 19.3 Å². The predicted molar refractivity (Wildman–Crippen MR) is 80.9 cm³/mol. The van der Waals surface area contributed by atoms with Crippen LogP contribution in [0.4, 0.5) is 0 Å². The van der Waals surface area contributed by atoms with Crippen LogP contribution in [-0.2, 0) is 10.0 Å². The zero-order valence-corrected chi connectivity index (χ0v) is 12.8. The molecule has 112 valence electrons. The first-order valence-electron chi connectivity index (χ1n) is 7.32. The summed E-state index contributed by atoms with van der Waals surface area (Å²) >= 11 is 0. The Morgan fingerprint density at radius 2 is 1.80 bits per heavy atom. The maximum atomic E-state index is 12.4. The number of nitrogens with two attached hydrogens (primary N) is 1. The normalized spacial score (nSPS) is 18.9. The summed E-state index contributed by atoms with van der Waals surface area (Å²) in [6.45, 7) is 2.30. The summed E-state index contributed by atoms with van der Waals surface area (Å²) in [5.74, 6) is 0.369. The minimum Gasteiger partial charge on any atom is -0.329 e. The Morgan fingerprint density at radius 3 is 2.35 bits per heavy atom. The fourth-order valence-corrected chi connectivity index (χ4v) is 4.18. The van der Waals surface area contributed by atoms with E-state index >= 15 is 0 Å². The Hall–Kier alpha value is -0.910. The number of hydrogen-bond acceptors (Lipinski definition) is 3. The average molecular weight is 296 g/mol. The quantitative estimate of drug-likeness (QED) is 0.875. The minimum atomic E-state index is -3.47. The molecule has 0 aromatic heterocycles. The van der Waals surface area contributed by atoms with Crippen molar-refractivity contribution in [3.63, 3.8) is 0 Å². The molecule has 1 aliphatic carbocycles. The summed E-state index contributed by atoms with van der Waals surface area (Å²) in [5.41, 5.74) is 6.83. The molecule has 1 aromatic carbocycles. The van der Waals surface area contributed by atoms with Gasteiger partial charge >= 0.3 is 0 Å².